The van der Waals surface area contributed by atoms with Gasteiger partial charge >= 0.3 is 11.8 Å². The van der Waals surface area contributed by atoms with Crippen LogP contribution in [-0.4, -0.2) is 22.6 Å². The third-order valence-corrected chi connectivity index (χ3v) is 4.61. The Morgan fingerprint density at radius 3 is 2.20 bits per heavy atom. The van der Waals surface area contributed by atoms with E-state index in [1.165, 1.54) is 18.3 Å². The van der Waals surface area contributed by atoms with Gasteiger partial charge in [-0.3, -0.25) is 9.59 Å². The second-order valence-corrected chi connectivity index (χ2v) is 7.17. The first-order valence-corrected chi connectivity index (χ1v) is 9.42. The van der Waals surface area contributed by atoms with Crippen molar-refractivity contribution in [2.45, 2.75) is 27.7 Å². The molecule has 154 valence electrons. The zero-order chi connectivity index (χ0) is 21.8. The molecule has 0 spiro atoms. The SMILES string of the molecule is Cc1cc(C)cc(NC(=O)C(=O)N/N=C\c2cc(C)n(-c3ccc(F)cc3)c2C)c1. The lowest BCUT2D eigenvalue weighted by molar-refractivity contribution is -0.136. The van der Waals surface area contributed by atoms with Crippen LogP contribution in [0.2, 0.25) is 0 Å². The molecule has 3 rings (SSSR count). The molecular weight excluding hydrogens is 383 g/mol. The van der Waals surface area contributed by atoms with E-state index in [2.05, 4.69) is 15.8 Å². The van der Waals surface area contributed by atoms with E-state index in [9.17, 15) is 14.0 Å². The number of hydrogen-bond donors (Lipinski definition) is 2. The van der Waals surface area contributed by atoms with Crippen LogP contribution >= 0.6 is 0 Å². The number of nitrogens with one attached hydrogen (secondary N) is 2. The molecule has 0 unspecified atom stereocenters. The molecule has 7 heteroatoms. The third-order valence-electron chi connectivity index (χ3n) is 4.61. The number of hydrogen-bond acceptors (Lipinski definition) is 3. The van der Waals surface area contributed by atoms with E-state index >= 15 is 0 Å². The van der Waals surface area contributed by atoms with Gasteiger partial charge in [0.15, 0.2) is 0 Å². The maximum Gasteiger partial charge on any atom is 0.329 e. The van der Waals surface area contributed by atoms with Gasteiger partial charge in [-0.1, -0.05) is 6.07 Å². The summed E-state index contributed by atoms with van der Waals surface area (Å²) in [6.07, 6.45) is 1.48. The van der Waals surface area contributed by atoms with Crippen molar-refractivity contribution in [1.82, 2.24) is 9.99 Å². The number of rotatable bonds is 4. The lowest BCUT2D eigenvalue weighted by Gasteiger charge is -2.09. The second kappa shape index (κ2) is 8.73. The summed E-state index contributed by atoms with van der Waals surface area (Å²) in [5.41, 5.74) is 8.17. The van der Waals surface area contributed by atoms with E-state index in [1.807, 2.05) is 44.4 Å². The molecule has 1 heterocycles. The maximum absolute atomic E-state index is 13.2. The second-order valence-electron chi connectivity index (χ2n) is 7.17. The number of carbonyl (C=O) groups excluding carboxylic acids is 2. The zero-order valence-corrected chi connectivity index (χ0v) is 17.3. The van der Waals surface area contributed by atoms with Gasteiger partial charge < -0.3 is 9.88 Å². The predicted octanol–water partition coefficient (Wildman–Crippen LogP) is 3.94. The standard InChI is InChI=1S/C23H23FN4O2/c1-14-9-15(2)11-20(10-14)26-22(29)23(30)27-25-13-18-12-16(3)28(17(18)4)21-7-5-19(24)6-8-21/h5-13H,1-4H3,(H,26,29)(H,27,30)/b25-13-. The highest BCUT2D eigenvalue weighted by Crippen LogP contribution is 2.20. The van der Waals surface area contributed by atoms with Gasteiger partial charge in [-0.15, -0.1) is 0 Å². The molecular formula is C23H23FN4O2. The minimum absolute atomic E-state index is 0.301. The van der Waals surface area contributed by atoms with Crippen LogP contribution in [0, 0.1) is 33.5 Å². The molecule has 0 aliphatic carbocycles. The van der Waals surface area contributed by atoms with E-state index in [0.717, 1.165) is 33.8 Å². The Balaban J connectivity index is 1.67. The van der Waals surface area contributed by atoms with E-state index in [-0.39, 0.29) is 5.82 Å². The molecule has 0 bridgehead atoms. The molecule has 0 saturated heterocycles. The molecule has 0 atom stereocenters. The van der Waals surface area contributed by atoms with Gasteiger partial charge in [-0.25, -0.2) is 9.82 Å². The maximum atomic E-state index is 13.2. The van der Waals surface area contributed by atoms with Gasteiger partial charge in [-0.05, 0) is 81.3 Å². The van der Waals surface area contributed by atoms with Crippen LogP contribution in [0.1, 0.15) is 28.1 Å². The third kappa shape index (κ3) is 4.81. The molecule has 2 N–H and O–H groups in total. The number of benzene rings is 2. The van der Waals surface area contributed by atoms with Crippen molar-refractivity contribution in [3.63, 3.8) is 0 Å². The minimum atomic E-state index is -0.863. The van der Waals surface area contributed by atoms with Crippen LogP contribution in [0.15, 0.2) is 53.6 Å². The van der Waals surface area contributed by atoms with Gasteiger partial charge in [0.05, 0.1) is 6.21 Å². The van der Waals surface area contributed by atoms with Gasteiger partial charge in [0.2, 0.25) is 0 Å². The molecule has 2 aromatic carbocycles. The van der Waals surface area contributed by atoms with Crippen molar-refractivity contribution in [2.24, 2.45) is 5.10 Å². The van der Waals surface area contributed by atoms with E-state index in [0.29, 0.717) is 5.69 Å². The quantitative estimate of drug-likeness (QED) is 0.391. The summed E-state index contributed by atoms with van der Waals surface area (Å²) in [5, 5.41) is 6.47. The van der Waals surface area contributed by atoms with Crippen LogP contribution in [0.3, 0.4) is 0 Å². The van der Waals surface area contributed by atoms with Crippen LogP contribution in [0.5, 0.6) is 0 Å². The molecule has 0 aliphatic heterocycles. The predicted molar refractivity (Wildman–Crippen MR) is 115 cm³/mol. The average Bonchev–Trinajstić information content (AvgIpc) is 2.95. The van der Waals surface area contributed by atoms with Crippen molar-refractivity contribution in [3.8, 4) is 5.69 Å². The number of amides is 2. The fourth-order valence-corrected chi connectivity index (χ4v) is 3.35. The molecule has 3 aromatic rings. The number of aryl methyl sites for hydroxylation is 3. The average molecular weight is 406 g/mol. The van der Waals surface area contributed by atoms with Crippen molar-refractivity contribution in [2.75, 3.05) is 5.32 Å². The first-order valence-electron chi connectivity index (χ1n) is 9.42. The fraction of sp³-hybridized carbons (Fsp3) is 0.174. The van der Waals surface area contributed by atoms with Crippen molar-refractivity contribution in [1.29, 1.82) is 0 Å². The van der Waals surface area contributed by atoms with Gasteiger partial charge in [0, 0.05) is 28.3 Å². The van der Waals surface area contributed by atoms with Crippen molar-refractivity contribution >= 4 is 23.7 Å². The highest BCUT2D eigenvalue weighted by atomic mass is 19.1. The fourth-order valence-electron chi connectivity index (χ4n) is 3.35. The summed E-state index contributed by atoms with van der Waals surface area (Å²) in [7, 11) is 0. The number of halogens is 1. The number of hydrazone groups is 1. The Bertz CT molecular complexity index is 1110. The molecule has 6 nitrogen and oxygen atoms in total. The molecule has 0 radical (unpaired) electrons. The van der Waals surface area contributed by atoms with Gasteiger partial charge in [0.25, 0.3) is 0 Å². The van der Waals surface area contributed by atoms with E-state index in [1.54, 1.807) is 24.3 Å². The van der Waals surface area contributed by atoms with Crippen LogP contribution in [0.25, 0.3) is 5.69 Å². The summed E-state index contributed by atoms with van der Waals surface area (Å²) in [6, 6.07) is 13.6. The molecule has 0 saturated carbocycles. The largest absolute Gasteiger partial charge is 0.329 e. The van der Waals surface area contributed by atoms with Crippen LogP contribution < -0.4 is 10.7 Å². The van der Waals surface area contributed by atoms with E-state index in [4.69, 9.17) is 0 Å². The summed E-state index contributed by atoms with van der Waals surface area (Å²) in [6.45, 7) is 7.64. The number of aromatic nitrogens is 1. The van der Waals surface area contributed by atoms with Gasteiger partial charge in [0.1, 0.15) is 5.82 Å². The number of nitrogens with zero attached hydrogens (tertiary/aromatic N) is 2. The molecule has 0 fully saturated rings. The first kappa shape index (κ1) is 21.0. The number of carbonyl (C=O) groups is 2. The Kier molecular flexibility index (Phi) is 6.11. The Morgan fingerprint density at radius 2 is 1.57 bits per heavy atom. The summed E-state index contributed by atoms with van der Waals surface area (Å²) in [5.74, 6) is -1.96. The first-order chi connectivity index (χ1) is 14.2. The van der Waals surface area contributed by atoms with Crippen molar-refractivity contribution in [3.05, 3.63) is 82.4 Å². The highest BCUT2D eigenvalue weighted by Gasteiger charge is 2.14. The summed E-state index contributed by atoms with van der Waals surface area (Å²) < 4.78 is 15.1. The number of anilines is 1. The van der Waals surface area contributed by atoms with Crippen LogP contribution in [0.4, 0.5) is 10.1 Å². The molecule has 1 aromatic heterocycles. The summed E-state index contributed by atoms with van der Waals surface area (Å²) >= 11 is 0. The zero-order valence-electron chi connectivity index (χ0n) is 17.3. The molecule has 2 amide bonds. The van der Waals surface area contributed by atoms with Crippen molar-refractivity contribution < 1.29 is 14.0 Å². The van der Waals surface area contributed by atoms with Crippen LogP contribution in [-0.2, 0) is 9.59 Å². The minimum Gasteiger partial charge on any atom is -0.318 e. The lowest BCUT2D eigenvalue weighted by atomic mass is 10.1. The Morgan fingerprint density at radius 1 is 0.933 bits per heavy atom. The Labute approximate surface area is 174 Å². The lowest BCUT2D eigenvalue weighted by Crippen LogP contribution is -2.32. The normalized spacial score (nSPS) is 11.0. The Hall–Kier alpha value is -3.74. The van der Waals surface area contributed by atoms with E-state index < -0.39 is 11.8 Å². The smallest absolute Gasteiger partial charge is 0.318 e. The summed E-state index contributed by atoms with van der Waals surface area (Å²) in [4.78, 5) is 24.1. The van der Waals surface area contributed by atoms with Gasteiger partial charge in [-0.2, -0.15) is 5.10 Å². The molecule has 30 heavy (non-hydrogen) atoms. The highest BCUT2D eigenvalue weighted by molar-refractivity contribution is 6.39. The molecule has 0 aliphatic rings. The monoisotopic (exact) mass is 406 g/mol. The topological polar surface area (TPSA) is 75.5 Å².